The predicted molar refractivity (Wildman–Crippen MR) is 78.5 cm³/mol. The third-order valence-electron chi connectivity index (χ3n) is 2.58. The predicted octanol–water partition coefficient (Wildman–Crippen LogP) is 2.43. The van der Waals surface area contributed by atoms with Crippen molar-refractivity contribution >= 4 is 28.9 Å². The van der Waals surface area contributed by atoms with Gasteiger partial charge in [-0.2, -0.15) is 31.4 Å². The van der Waals surface area contributed by atoms with Crippen molar-refractivity contribution in [2.75, 3.05) is 11.9 Å². The van der Waals surface area contributed by atoms with Gasteiger partial charge in [0.05, 0.1) is 0 Å². The summed E-state index contributed by atoms with van der Waals surface area (Å²) in [7, 11) is 0. The van der Waals surface area contributed by atoms with Gasteiger partial charge in [0.2, 0.25) is 11.2 Å². The molecule has 6 nitrogen and oxygen atoms in total. The lowest BCUT2D eigenvalue weighted by Gasteiger charge is -2.06. The molecule has 0 aromatic carbocycles. The van der Waals surface area contributed by atoms with Crippen molar-refractivity contribution in [3.8, 4) is 5.95 Å². The fraction of sp³-hybridized carbons (Fsp3) is 0.167. The maximum Gasteiger partial charge on any atom is 0.256 e. The number of nitrogens with one attached hydrogen (secondary N) is 1. The number of rotatable bonds is 5. The van der Waals surface area contributed by atoms with E-state index in [2.05, 4.69) is 42.2 Å². The Hall–Kier alpha value is -1.99. The summed E-state index contributed by atoms with van der Waals surface area (Å²) in [5.41, 5.74) is 1.29. The maximum atomic E-state index is 5.90. The molecule has 0 amide bonds. The second-order valence-corrected chi connectivity index (χ2v) is 5.11. The summed E-state index contributed by atoms with van der Waals surface area (Å²) in [5.74, 6) is 0.846. The number of hydrogen-bond donors (Lipinski definition) is 1. The van der Waals surface area contributed by atoms with Gasteiger partial charge in [0.1, 0.15) is 0 Å². The van der Waals surface area contributed by atoms with Gasteiger partial charge in [-0.05, 0) is 46.5 Å². The number of aromatic nitrogens is 5. The standard InChI is InChI=1S/C12H11ClN6S/c13-10-16-11(14-5-2-9-3-7-20-8-9)18-12(17-10)19-6-1-4-15-19/h1,3-4,6-8H,2,5H2,(H,14,16,17,18). The average molecular weight is 307 g/mol. The summed E-state index contributed by atoms with van der Waals surface area (Å²) < 4.78 is 1.54. The lowest BCUT2D eigenvalue weighted by atomic mass is 10.2. The van der Waals surface area contributed by atoms with E-state index in [1.165, 1.54) is 10.2 Å². The summed E-state index contributed by atoms with van der Waals surface area (Å²) in [4.78, 5) is 12.4. The lowest BCUT2D eigenvalue weighted by Crippen LogP contribution is -2.11. The molecule has 0 saturated carbocycles. The summed E-state index contributed by atoms with van der Waals surface area (Å²) in [6.45, 7) is 0.732. The molecule has 102 valence electrons. The molecule has 0 spiro atoms. The molecule has 0 unspecified atom stereocenters. The van der Waals surface area contributed by atoms with Crippen molar-refractivity contribution in [2.45, 2.75) is 6.42 Å². The maximum absolute atomic E-state index is 5.90. The van der Waals surface area contributed by atoms with Crippen LogP contribution in [-0.4, -0.2) is 31.3 Å². The van der Waals surface area contributed by atoms with E-state index in [0.717, 1.165) is 13.0 Å². The van der Waals surface area contributed by atoms with E-state index in [1.807, 2.05) is 0 Å². The van der Waals surface area contributed by atoms with Crippen molar-refractivity contribution in [3.05, 3.63) is 46.1 Å². The normalized spacial score (nSPS) is 10.7. The van der Waals surface area contributed by atoms with Gasteiger partial charge in [0, 0.05) is 18.9 Å². The van der Waals surface area contributed by atoms with E-state index in [-0.39, 0.29) is 5.28 Å². The van der Waals surface area contributed by atoms with Gasteiger partial charge in [-0.1, -0.05) is 0 Å². The molecule has 1 N–H and O–H groups in total. The van der Waals surface area contributed by atoms with Crippen molar-refractivity contribution in [1.82, 2.24) is 24.7 Å². The van der Waals surface area contributed by atoms with E-state index in [4.69, 9.17) is 11.6 Å². The van der Waals surface area contributed by atoms with E-state index < -0.39 is 0 Å². The molecule has 0 saturated heterocycles. The molecule has 0 atom stereocenters. The number of thiophene rings is 1. The van der Waals surface area contributed by atoms with Crippen LogP contribution >= 0.6 is 22.9 Å². The Balaban J connectivity index is 1.70. The second kappa shape index (κ2) is 5.98. The number of hydrogen-bond acceptors (Lipinski definition) is 6. The fourth-order valence-corrected chi connectivity index (χ4v) is 2.52. The SMILES string of the molecule is Clc1nc(NCCc2ccsc2)nc(-n2cccn2)n1. The fourth-order valence-electron chi connectivity index (χ4n) is 1.66. The first-order chi connectivity index (χ1) is 9.81. The van der Waals surface area contributed by atoms with Gasteiger partial charge in [0.25, 0.3) is 5.95 Å². The van der Waals surface area contributed by atoms with Crippen molar-refractivity contribution < 1.29 is 0 Å². The van der Waals surface area contributed by atoms with Crippen LogP contribution in [-0.2, 0) is 6.42 Å². The van der Waals surface area contributed by atoms with Gasteiger partial charge in [-0.3, -0.25) is 0 Å². The Kier molecular flexibility index (Phi) is 3.89. The smallest absolute Gasteiger partial charge is 0.256 e. The molecule has 3 aromatic heterocycles. The van der Waals surface area contributed by atoms with E-state index >= 15 is 0 Å². The molecule has 0 bridgehead atoms. The monoisotopic (exact) mass is 306 g/mol. The number of nitrogens with zero attached hydrogens (tertiary/aromatic N) is 5. The first kappa shape index (κ1) is 13.0. The molecule has 8 heteroatoms. The highest BCUT2D eigenvalue weighted by atomic mass is 35.5. The first-order valence-electron chi connectivity index (χ1n) is 5.98. The molecule has 0 aliphatic carbocycles. The van der Waals surface area contributed by atoms with Crippen molar-refractivity contribution in [3.63, 3.8) is 0 Å². The zero-order chi connectivity index (χ0) is 13.8. The summed E-state index contributed by atoms with van der Waals surface area (Å²) >= 11 is 7.59. The molecule has 0 radical (unpaired) electrons. The summed E-state index contributed by atoms with van der Waals surface area (Å²) in [5, 5.41) is 11.5. The van der Waals surface area contributed by atoms with Crippen molar-refractivity contribution in [2.24, 2.45) is 0 Å². The average Bonchev–Trinajstić information content (AvgIpc) is 3.11. The van der Waals surface area contributed by atoms with Gasteiger partial charge in [-0.25, -0.2) is 4.68 Å². The number of anilines is 1. The van der Waals surface area contributed by atoms with Crippen LogP contribution in [0.4, 0.5) is 5.95 Å². The molecular weight excluding hydrogens is 296 g/mol. The van der Waals surface area contributed by atoms with Crippen LogP contribution in [0.15, 0.2) is 35.3 Å². The Morgan fingerprint density at radius 2 is 2.25 bits per heavy atom. The summed E-state index contributed by atoms with van der Waals surface area (Å²) in [6.07, 6.45) is 4.31. The molecular formula is C12H11ClN6S. The third-order valence-corrected chi connectivity index (χ3v) is 3.48. The van der Waals surface area contributed by atoms with Crippen molar-refractivity contribution in [1.29, 1.82) is 0 Å². The minimum Gasteiger partial charge on any atom is -0.354 e. The Bertz CT molecular complexity index is 667. The first-order valence-corrected chi connectivity index (χ1v) is 7.30. The number of halogens is 1. The molecule has 3 aromatic rings. The molecule has 0 aliphatic rings. The second-order valence-electron chi connectivity index (χ2n) is 3.99. The molecule has 3 rings (SSSR count). The lowest BCUT2D eigenvalue weighted by molar-refractivity contribution is 0.794. The van der Waals surface area contributed by atoms with Crippen LogP contribution in [0.2, 0.25) is 5.28 Å². The molecule has 0 fully saturated rings. The van der Waals surface area contributed by atoms with Crippen LogP contribution in [0.3, 0.4) is 0 Å². The topological polar surface area (TPSA) is 68.5 Å². The highest BCUT2D eigenvalue weighted by Gasteiger charge is 2.06. The van der Waals surface area contributed by atoms with Crippen LogP contribution in [0.5, 0.6) is 0 Å². The summed E-state index contributed by atoms with van der Waals surface area (Å²) in [6, 6.07) is 3.89. The van der Waals surface area contributed by atoms with Crippen LogP contribution < -0.4 is 5.32 Å². The quantitative estimate of drug-likeness (QED) is 0.784. The van der Waals surface area contributed by atoms with Crippen LogP contribution in [0.25, 0.3) is 5.95 Å². The van der Waals surface area contributed by atoms with E-state index in [1.54, 1.807) is 29.8 Å². The highest BCUT2D eigenvalue weighted by Crippen LogP contribution is 2.10. The van der Waals surface area contributed by atoms with Gasteiger partial charge < -0.3 is 5.32 Å². The molecule has 20 heavy (non-hydrogen) atoms. The minimum absolute atomic E-state index is 0.142. The van der Waals surface area contributed by atoms with Gasteiger partial charge in [0.15, 0.2) is 0 Å². The zero-order valence-corrected chi connectivity index (χ0v) is 12.0. The largest absolute Gasteiger partial charge is 0.354 e. The third kappa shape index (κ3) is 3.12. The molecule has 3 heterocycles. The Labute approximate surface area is 124 Å². The van der Waals surface area contributed by atoms with Crippen LogP contribution in [0.1, 0.15) is 5.56 Å². The van der Waals surface area contributed by atoms with E-state index in [0.29, 0.717) is 11.9 Å². The Morgan fingerprint density at radius 1 is 1.30 bits per heavy atom. The Morgan fingerprint density at radius 3 is 3.00 bits per heavy atom. The van der Waals surface area contributed by atoms with Crippen LogP contribution in [0, 0.1) is 0 Å². The zero-order valence-electron chi connectivity index (χ0n) is 10.4. The molecule has 0 aliphatic heterocycles. The minimum atomic E-state index is 0.142. The van der Waals surface area contributed by atoms with Gasteiger partial charge in [-0.15, -0.1) is 0 Å². The van der Waals surface area contributed by atoms with Gasteiger partial charge >= 0.3 is 0 Å². The van der Waals surface area contributed by atoms with E-state index in [9.17, 15) is 0 Å². The highest BCUT2D eigenvalue weighted by molar-refractivity contribution is 7.07.